The molecule has 0 aliphatic heterocycles. The molecule has 1 aliphatic carbocycles. The van der Waals surface area contributed by atoms with Crippen molar-refractivity contribution >= 4 is 38.2 Å². The van der Waals surface area contributed by atoms with Crippen LogP contribution in [0.15, 0.2) is 16.7 Å². The van der Waals surface area contributed by atoms with E-state index in [1.807, 2.05) is 6.92 Å². The van der Waals surface area contributed by atoms with E-state index in [1.165, 1.54) is 12.3 Å². The van der Waals surface area contributed by atoms with Crippen molar-refractivity contribution in [3.63, 3.8) is 0 Å². The smallest absolute Gasteiger partial charge is 0.288 e. The largest absolute Gasteiger partial charge is 0.366 e. The van der Waals surface area contributed by atoms with E-state index in [4.69, 9.17) is 0 Å². The molecule has 1 fully saturated rings. The molecule has 3 atom stereocenters. The fourth-order valence-corrected chi connectivity index (χ4v) is 4.38. The van der Waals surface area contributed by atoms with Crippen molar-refractivity contribution in [1.82, 2.24) is 4.98 Å². The molecule has 1 aromatic rings. The van der Waals surface area contributed by atoms with Crippen molar-refractivity contribution in [3.05, 3.63) is 26.9 Å². The Labute approximate surface area is 134 Å². The quantitative estimate of drug-likeness (QED) is 0.630. The molecule has 0 bridgehead atoms. The molecule has 116 valence electrons. The third-order valence-electron chi connectivity index (χ3n) is 3.66. The molecule has 8 heteroatoms. The zero-order valence-corrected chi connectivity index (χ0v) is 14.2. The number of hydrogen-bond donors (Lipinski definition) is 1. The Kier molecular flexibility index (Phi) is 5.69. The van der Waals surface area contributed by atoms with Gasteiger partial charge in [0, 0.05) is 33.9 Å². The van der Waals surface area contributed by atoms with Gasteiger partial charge in [0.2, 0.25) is 0 Å². The highest BCUT2D eigenvalue weighted by Gasteiger charge is 2.26. The van der Waals surface area contributed by atoms with Crippen molar-refractivity contribution in [2.75, 3.05) is 11.1 Å². The molecule has 0 aromatic carbocycles. The van der Waals surface area contributed by atoms with Gasteiger partial charge in [0.05, 0.1) is 9.40 Å². The molecule has 1 aromatic heterocycles. The van der Waals surface area contributed by atoms with Gasteiger partial charge in [-0.2, -0.15) is 0 Å². The number of halogens is 1. The summed E-state index contributed by atoms with van der Waals surface area (Å²) in [5.74, 6) is 1.30. The summed E-state index contributed by atoms with van der Waals surface area (Å²) < 4.78 is 12.5. The van der Waals surface area contributed by atoms with Crippen LogP contribution in [0, 0.1) is 10.1 Å². The van der Waals surface area contributed by atoms with Crippen LogP contribution in [0.4, 0.5) is 11.5 Å². The van der Waals surface area contributed by atoms with E-state index < -0.39 is 15.7 Å². The van der Waals surface area contributed by atoms with E-state index in [1.54, 1.807) is 0 Å². The van der Waals surface area contributed by atoms with Crippen LogP contribution < -0.4 is 5.32 Å². The van der Waals surface area contributed by atoms with Gasteiger partial charge in [-0.3, -0.25) is 14.3 Å². The lowest BCUT2D eigenvalue weighted by Gasteiger charge is -2.29. The second kappa shape index (κ2) is 7.31. The lowest BCUT2D eigenvalue weighted by atomic mass is 9.95. The fourth-order valence-electron chi connectivity index (χ4n) is 2.58. The molecule has 0 radical (unpaired) electrons. The summed E-state index contributed by atoms with van der Waals surface area (Å²) >= 11 is 3.31. The van der Waals surface area contributed by atoms with Crippen molar-refractivity contribution in [3.8, 4) is 0 Å². The maximum atomic E-state index is 11.9. The Bertz CT molecular complexity index is 555. The van der Waals surface area contributed by atoms with Crippen LogP contribution in [0.1, 0.15) is 32.6 Å². The first kappa shape index (κ1) is 16.4. The van der Waals surface area contributed by atoms with E-state index in [9.17, 15) is 14.3 Å². The summed E-state index contributed by atoms with van der Waals surface area (Å²) in [6, 6.07) is 1.66. The molecule has 1 aliphatic rings. The van der Waals surface area contributed by atoms with Crippen LogP contribution in [-0.2, 0) is 10.8 Å². The van der Waals surface area contributed by atoms with Crippen LogP contribution in [0.25, 0.3) is 0 Å². The second-order valence-electron chi connectivity index (χ2n) is 5.08. The minimum absolute atomic E-state index is 0.0407. The minimum atomic E-state index is -0.769. The van der Waals surface area contributed by atoms with E-state index in [0.717, 1.165) is 25.7 Å². The second-order valence-corrected chi connectivity index (χ2v) is 7.94. The highest BCUT2D eigenvalue weighted by Crippen LogP contribution is 2.29. The molecule has 1 saturated carbocycles. The third kappa shape index (κ3) is 4.23. The van der Waals surface area contributed by atoms with Crippen LogP contribution >= 0.6 is 15.9 Å². The summed E-state index contributed by atoms with van der Waals surface area (Å²) in [5, 5.41) is 14.2. The Hall–Kier alpha value is -1.02. The summed E-state index contributed by atoms with van der Waals surface area (Å²) in [6.07, 6.45) is 5.15. The summed E-state index contributed by atoms with van der Waals surface area (Å²) in [7, 11) is -0.769. The highest BCUT2D eigenvalue weighted by atomic mass is 79.9. The Morgan fingerprint density at radius 3 is 2.95 bits per heavy atom. The van der Waals surface area contributed by atoms with Gasteiger partial charge < -0.3 is 5.32 Å². The predicted molar refractivity (Wildman–Crippen MR) is 86.9 cm³/mol. The molecule has 1 N–H and O–H groups in total. The van der Waals surface area contributed by atoms with E-state index in [-0.39, 0.29) is 17.0 Å². The molecule has 1 heterocycles. The van der Waals surface area contributed by atoms with Gasteiger partial charge in [-0.15, -0.1) is 0 Å². The summed E-state index contributed by atoms with van der Waals surface area (Å²) in [5.41, 5.74) is -0.0407. The maximum absolute atomic E-state index is 11.9. The van der Waals surface area contributed by atoms with Crippen LogP contribution in [-0.4, -0.2) is 31.2 Å². The van der Waals surface area contributed by atoms with E-state index in [2.05, 4.69) is 26.2 Å². The molecule has 2 rings (SSSR count). The first-order chi connectivity index (χ1) is 10.0. The van der Waals surface area contributed by atoms with Crippen LogP contribution in [0.5, 0.6) is 0 Å². The van der Waals surface area contributed by atoms with Gasteiger partial charge in [-0.25, -0.2) is 4.98 Å². The first-order valence-corrected chi connectivity index (χ1v) is 9.12. The molecule has 6 nitrogen and oxygen atoms in total. The van der Waals surface area contributed by atoms with Crippen molar-refractivity contribution < 1.29 is 9.13 Å². The topological polar surface area (TPSA) is 85.1 Å². The number of hydrogen-bond acceptors (Lipinski definition) is 5. The van der Waals surface area contributed by atoms with Gasteiger partial charge >= 0.3 is 0 Å². The Balaban J connectivity index is 2.04. The van der Waals surface area contributed by atoms with Crippen molar-refractivity contribution in [1.29, 1.82) is 0 Å². The number of pyridine rings is 1. The fraction of sp³-hybridized carbons (Fsp3) is 0.615. The van der Waals surface area contributed by atoms with Gasteiger partial charge in [-0.05, 0) is 35.2 Å². The van der Waals surface area contributed by atoms with Crippen molar-refractivity contribution in [2.24, 2.45) is 0 Å². The maximum Gasteiger partial charge on any atom is 0.288 e. The molecule has 0 saturated heterocycles. The van der Waals surface area contributed by atoms with Gasteiger partial charge in [0.25, 0.3) is 5.69 Å². The lowest BCUT2D eigenvalue weighted by molar-refractivity contribution is -0.385. The highest BCUT2D eigenvalue weighted by molar-refractivity contribution is 9.10. The zero-order valence-electron chi connectivity index (χ0n) is 11.8. The molecule has 0 amide bonds. The number of rotatable bonds is 5. The normalized spacial score (nSPS) is 23.5. The molecular weight excluding hydrogens is 358 g/mol. The average molecular weight is 376 g/mol. The molecule has 21 heavy (non-hydrogen) atoms. The van der Waals surface area contributed by atoms with E-state index in [0.29, 0.717) is 16.0 Å². The molecule has 0 spiro atoms. The monoisotopic (exact) mass is 375 g/mol. The first-order valence-electron chi connectivity index (χ1n) is 6.95. The predicted octanol–water partition coefficient (Wildman–Crippen LogP) is 3.24. The number of nitrogens with zero attached hydrogens (tertiary/aromatic N) is 2. The van der Waals surface area contributed by atoms with Gasteiger partial charge in [0.15, 0.2) is 0 Å². The van der Waals surface area contributed by atoms with Gasteiger partial charge in [-0.1, -0.05) is 13.3 Å². The summed E-state index contributed by atoms with van der Waals surface area (Å²) in [6.45, 7) is 1.95. The van der Waals surface area contributed by atoms with E-state index >= 15 is 0 Å². The third-order valence-corrected chi connectivity index (χ3v) is 6.01. The van der Waals surface area contributed by atoms with Crippen LogP contribution in [0.2, 0.25) is 0 Å². The number of nitro groups is 1. The lowest BCUT2D eigenvalue weighted by Crippen LogP contribution is -2.33. The number of anilines is 1. The number of nitrogens with one attached hydrogen (secondary N) is 1. The molecular formula is C13H18BrN3O3S. The zero-order chi connectivity index (χ0) is 15.4. The SMILES string of the molecule is CCS(=O)C1CCCC(Nc2ncc([N+](=O)[O-])cc2Br)C1. The summed E-state index contributed by atoms with van der Waals surface area (Å²) in [4.78, 5) is 14.3. The average Bonchev–Trinajstić information content (AvgIpc) is 2.48. The van der Waals surface area contributed by atoms with Crippen molar-refractivity contribution in [2.45, 2.75) is 43.9 Å². The number of aromatic nitrogens is 1. The molecule has 3 unspecified atom stereocenters. The Morgan fingerprint density at radius 2 is 2.33 bits per heavy atom. The van der Waals surface area contributed by atoms with Crippen LogP contribution in [0.3, 0.4) is 0 Å². The standard InChI is InChI=1S/C13H18BrN3O3S/c1-2-21(20)11-5-3-4-9(6-11)16-13-12(14)7-10(8-15-13)17(18)19/h7-9,11H,2-6H2,1H3,(H,15,16). The van der Waals surface area contributed by atoms with Gasteiger partial charge in [0.1, 0.15) is 12.0 Å². The minimum Gasteiger partial charge on any atom is -0.366 e. The Morgan fingerprint density at radius 1 is 1.57 bits per heavy atom.